The molecule has 2 N–H and O–H groups in total. The van der Waals surface area contributed by atoms with Crippen molar-refractivity contribution in [2.24, 2.45) is 0 Å². The summed E-state index contributed by atoms with van der Waals surface area (Å²) < 4.78 is 5.77. The lowest BCUT2D eigenvalue weighted by molar-refractivity contribution is -0.123. The maximum atomic E-state index is 12.0. The summed E-state index contributed by atoms with van der Waals surface area (Å²) in [6.07, 6.45) is 1.31. The van der Waals surface area contributed by atoms with Gasteiger partial charge in [-0.3, -0.25) is 4.79 Å². The van der Waals surface area contributed by atoms with Crippen LogP contribution in [0.5, 0.6) is 5.75 Å². The maximum absolute atomic E-state index is 12.0. The summed E-state index contributed by atoms with van der Waals surface area (Å²) in [5, 5.41) is 8.44. The van der Waals surface area contributed by atoms with E-state index in [0.29, 0.717) is 0 Å². The lowest BCUT2D eigenvalue weighted by Gasteiger charge is -2.26. The van der Waals surface area contributed by atoms with Gasteiger partial charge in [0.2, 0.25) is 0 Å². The van der Waals surface area contributed by atoms with Crippen LogP contribution in [0.15, 0.2) is 35.7 Å². The molecular weight excluding hydrogens is 296 g/mol. The Kier molecular flexibility index (Phi) is 4.75. The fourth-order valence-corrected chi connectivity index (χ4v) is 3.18. The van der Waals surface area contributed by atoms with Gasteiger partial charge in [-0.05, 0) is 35.6 Å². The largest absolute Gasteiger partial charge is 0.478 e. The molecule has 5 heteroatoms. The Bertz CT molecular complexity index is 640. The van der Waals surface area contributed by atoms with Crippen molar-refractivity contribution >= 4 is 22.9 Å². The summed E-state index contributed by atoms with van der Waals surface area (Å²) in [6.45, 7) is 3.67. The van der Waals surface area contributed by atoms with Crippen LogP contribution >= 0.6 is 11.3 Å². The predicted molar refractivity (Wildman–Crippen MR) is 89.3 cm³/mol. The molecule has 1 unspecified atom stereocenters. The number of fused-ring (bicyclic) bond motifs is 1. The number of amides is 1. The SMILES string of the molecule is CCCC1Oc2ccc(CNCc3cccs3)cc2NC1=O. The third-order valence-corrected chi connectivity index (χ3v) is 4.50. The van der Waals surface area contributed by atoms with E-state index in [4.69, 9.17) is 4.74 Å². The van der Waals surface area contributed by atoms with E-state index in [0.717, 1.165) is 42.9 Å². The number of hydrogen-bond donors (Lipinski definition) is 2. The third-order valence-electron chi connectivity index (χ3n) is 3.62. The van der Waals surface area contributed by atoms with E-state index in [1.165, 1.54) is 4.88 Å². The van der Waals surface area contributed by atoms with Crippen molar-refractivity contribution in [2.45, 2.75) is 39.0 Å². The number of carbonyl (C=O) groups is 1. The van der Waals surface area contributed by atoms with Crippen LogP contribution in [0.1, 0.15) is 30.2 Å². The fourth-order valence-electron chi connectivity index (χ4n) is 2.50. The van der Waals surface area contributed by atoms with Crippen LogP contribution in [0.4, 0.5) is 5.69 Å². The monoisotopic (exact) mass is 316 g/mol. The van der Waals surface area contributed by atoms with Gasteiger partial charge in [0, 0.05) is 18.0 Å². The molecule has 0 radical (unpaired) electrons. The third kappa shape index (κ3) is 3.48. The van der Waals surface area contributed by atoms with Crippen molar-refractivity contribution in [1.82, 2.24) is 5.32 Å². The standard InChI is InChI=1S/C17H20N2O2S/c1-2-4-16-17(20)19-14-9-12(6-7-15(14)21-16)10-18-11-13-5-3-8-22-13/h3,5-9,16,18H,2,4,10-11H2,1H3,(H,19,20). The van der Waals surface area contributed by atoms with E-state index in [1.54, 1.807) is 11.3 Å². The number of thiophene rings is 1. The Hall–Kier alpha value is -1.85. The quantitative estimate of drug-likeness (QED) is 0.857. The van der Waals surface area contributed by atoms with Crippen LogP contribution in [0, 0.1) is 0 Å². The lowest BCUT2D eigenvalue weighted by atomic mass is 10.1. The van der Waals surface area contributed by atoms with E-state index in [2.05, 4.69) is 35.1 Å². The fraction of sp³-hybridized carbons (Fsp3) is 0.353. The van der Waals surface area contributed by atoms with E-state index in [-0.39, 0.29) is 12.0 Å². The molecule has 2 aromatic rings. The lowest BCUT2D eigenvalue weighted by Crippen LogP contribution is -2.36. The Morgan fingerprint density at radius 2 is 2.23 bits per heavy atom. The minimum atomic E-state index is -0.361. The molecule has 1 aromatic heterocycles. The topological polar surface area (TPSA) is 50.4 Å². The molecule has 22 heavy (non-hydrogen) atoms. The summed E-state index contributed by atoms with van der Waals surface area (Å²) in [5.41, 5.74) is 1.90. The highest BCUT2D eigenvalue weighted by Gasteiger charge is 2.26. The molecule has 1 amide bonds. The summed E-state index contributed by atoms with van der Waals surface area (Å²) in [4.78, 5) is 13.3. The molecule has 1 aromatic carbocycles. The first-order valence-electron chi connectivity index (χ1n) is 7.60. The molecular formula is C17H20N2O2S. The highest BCUT2D eigenvalue weighted by molar-refractivity contribution is 7.09. The zero-order valence-corrected chi connectivity index (χ0v) is 13.4. The average molecular weight is 316 g/mol. The van der Waals surface area contributed by atoms with Gasteiger partial charge in [-0.2, -0.15) is 0 Å². The van der Waals surface area contributed by atoms with Gasteiger partial charge < -0.3 is 15.4 Å². The Labute approximate surface area is 134 Å². The first-order chi connectivity index (χ1) is 10.8. The van der Waals surface area contributed by atoms with Crippen LogP contribution < -0.4 is 15.4 Å². The maximum Gasteiger partial charge on any atom is 0.265 e. The van der Waals surface area contributed by atoms with E-state index in [9.17, 15) is 4.79 Å². The number of nitrogens with one attached hydrogen (secondary N) is 2. The Morgan fingerprint density at radius 3 is 3.00 bits per heavy atom. The van der Waals surface area contributed by atoms with Crippen molar-refractivity contribution < 1.29 is 9.53 Å². The highest BCUT2D eigenvalue weighted by atomic mass is 32.1. The van der Waals surface area contributed by atoms with Gasteiger partial charge in [-0.25, -0.2) is 0 Å². The molecule has 0 spiro atoms. The number of benzene rings is 1. The van der Waals surface area contributed by atoms with Gasteiger partial charge in [-0.15, -0.1) is 11.3 Å². The van der Waals surface area contributed by atoms with Crippen molar-refractivity contribution in [3.63, 3.8) is 0 Å². The van der Waals surface area contributed by atoms with Crippen molar-refractivity contribution in [3.05, 3.63) is 46.2 Å². The van der Waals surface area contributed by atoms with Gasteiger partial charge in [0.15, 0.2) is 6.10 Å². The van der Waals surface area contributed by atoms with Crippen molar-refractivity contribution in [3.8, 4) is 5.75 Å². The van der Waals surface area contributed by atoms with Crippen molar-refractivity contribution in [2.75, 3.05) is 5.32 Å². The first kappa shape index (κ1) is 15.1. The van der Waals surface area contributed by atoms with Gasteiger partial charge in [0.1, 0.15) is 5.75 Å². The zero-order chi connectivity index (χ0) is 15.4. The molecule has 0 aliphatic carbocycles. The van der Waals surface area contributed by atoms with Crippen LogP contribution in [0.3, 0.4) is 0 Å². The number of rotatable bonds is 6. The molecule has 0 saturated carbocycles. The van der Waals surface area contributed by atoms with Gasteiger partial charge in [0.05, 0.1) is 5.69 Å². The van der Waals surface area contributed by atoms with Gasteiger partial charge >= 0.3 is 0 Å². The smallest absolute Gasteiger partial charge is 0.265 e. The average Bonchev–Trinajstić information content (AvgIpc) is 3.02. The molecule has 1 aliphatic heterocycles. The minimum Gasteiger partial charge on any atom is -0.478 e. The van der Waals surface area contributed by atoms with E-state index in [1.807, 2.05) is 18.2 Å². The first-order valence-corrected chi connectivity index (χ1v) is 8.48. The summed E-state index contributed by atoms with van der Waals surface area (Å²) >= 11 is 1.75. The number of ether oxygens (including phenoxy) is 1. The Balaban J connectivity index is 1.62. The van der Waals surface area contributed by atoms with Crippen LogP contribution in [-0.2, 0) is 17.9 Å². The Morgan fingerprint density at radius 1 is 1.32 bits per heavy atom. The second kappa shape index (κ2) is 6.94. The second-order valence-electron chi connectivity index (χ2n) is 5.40. The molecule has 0 fully saturated rings. The normalized spacial score (nSPS) is 16.8. The van der Waals surface area contributed by atoms with Crippen LogP contribution in [-0.4, -0.2) is 12.0 Å². The van der Waals surface area contributed by atoms with E-state index >= 15 is 0 Å². The molecule has 2 heterocycles. The molecule has 1 aliphatic rings. The predicted octanol–water partition coefficient (Wildman–Crippen LogP) is 3.54. The highest BCUT2D eigenvalue weighted by Crippen LogP contribution is 2.31. The second-order valence-corrected chi connectivity index (χ2v) is 6.43. The van der Waals surface area contributed by atoms with E-state index < -0.39 is 0 Å². The zero-order valence-electron chi connectivity index (χ0n) is 12.6. The molecule has 1 atom stereocenters. The molecule has 3 rings (SSSR count). The molecule has 116 valence electrons. The van der Waals surface area contributed by atoms with Crippen LogP contribution in [0.25, 0.3) is 0 Å². The minimum absolute atomic E-state index is 0.0435. The van der Waals surface area contributed by atoms with Gasteiger partial charge in [-0.1, -0.05) is 25.5 Å². The van der Waals surface area contributed by atoms with Crippen LogP contribution in [0.2, 0.25) is 0 Å². The number of carbonyl (C=O) groups excluding carboxylic acids is 1. The van der Waals surface area contributed by atoms with Crippen molar-refractivity contribution in [1.29, 1.82) is 0 Å². The summed E-state index contributed by atoms with van der Waals surface area (Å²) in [7, 11) is 0. The summed E-state index contributed by atoms with van der Waals surface area (Å²) in [6, 6.07) is 10.1. The molecule has 4 nitrogen and oxygen atoms in total. The van der Waals surface area contributed by atoms with Gasteiger partial charge in [0.25, 0.3) is 5.91 Å². The molecule has 0 saturated heterocycles. The number of anilines is 1. The number of hydrogen-bond acceptors (Lipinski definition) is 4. The molecule has 0 bridgehead atoms. The summed E-state index contributed by atoms with van der Waals surface area (Å²) in [5.74, 6) is 0.720.